The van der Waals surface area contributed by atoms with Crippen LogP contribution in [0.1, 0.15) is 26.3 Å². The first-order chi connectivity index (χ1) is 8.85. The van der Waals surface area contributed by atoms with Crippen LogP contribution in [0.4, 0.5) is 0 Å². The van der Waals surface area contributed by atoms with Crippen LogP contribution in [-0.4, -0.2) is 27.9 Å². The van der Waals surface area contributed by atoms with Crippen LogP contribution >= 0.6 is 0 Å². The highest BCUT2D eigenvalue weighted by Gasteiger charge is 2.47. The number of aliphatic carboxylic acids is 1. The van der Waals surface area contributed by atoms with E-state index in [1.54, 1.807) is 45.3 Å². The fraction of sp³-hybridized carbons (Fsp3) is 0.357. The average molecular weight is 260 g/mol. The molecule has 0 aromatic carbocycles. The van der Waals surface area contributed by atoms with Crippen LogP contribution in [-0.2, 0) is 9.59 Å². The molecule has 0 radical (unpaired) electrons. The van der Waals surface area contributed by atoms with E-state index in [0.29, 0.717) is 16.8 Å². The molecule has 0 bridgehead atoms. The minimum Gasteiger partial charge on any atom is -0.480 e. The highest BCUT2D eigenvalue weighted by atomic mass is 16.4. The maximum Gasteiger partial charge on any atom is 0.325 e. The van der Waals surface area contributed by atoms with E-state index >= 15 is 0 Å². The molecule has 5 heteroatoms. The van der Waals surface area contributed by atoms with Gasteiger partial charge in [-0.25, -0.2) is 0 Å². The number of Topliss-reactive ketones (excluding diaryl/α,β-unsaturated/α-hetero) is 1. The van der Waals surface area contributed by atoms with E-state index in [4.69, 9.17) is 5.11 Å². The maximum atomic E-state index is 12.2. The van der Waals surface area contributed by atoms with Crippen molar-refractivity contribution in [3.05, 3.63) is 35.8 Å². The summed E-state index contributed by atoms with van der Waals surface area (Å²) in [6.07, 6.45) is 3.24. The Labute approximate surface area is 111 Å². The largest absolute Gasteiger partial charge is 0.480 e. The Balaban J connectivity index is 2.42. The Morgan fingerprint density at radius 3 is 2.68 bits per heavy atom. The minimum absolute atomic E-state index is 0.000545. The number of nitrogens with zero attached hydrogens (tertiary/aromatic N) is 1. The molecule has 2 rings (SSSR count). The molecule has 0 saturated carbocycles. The molecule has 1 aliphatic rings. The Morgan fingerprint density at radius 1 is 1.47 bits per heavy atom. The standard InChI is InChI=1S/C14H16N2O3/c1-8(13(18)19)16-11-10(12(17)14(11,2)3)9-5-4-6-15-7-9/h4-8,16H,1-3H3,(H,18,19). The minimum atomic E-state index is -0.951. The van der Waals surface area contributed by atoms with Crippen LogP contribution in [0.15, 0.2) is 30.2 Å². The Kier molecular flexibility index (Phi) is 3.14. The average Bonchev–Trinajstić information content (AvgIpc) is 2.39. The van der Waals surface area contributed by atoms with Crippen molar-refractivity contribution in [3.8, 4) is 0 Å². The summed E-state index contributed by atoms with van der Waals surface area (Å²) in [6.45, 7) is 5.12. The summed E-state index contributed by atoms with van der Waals surface area (Å²) in [7, 11) is 0. The van der Waals surface area contributed by atoms with Crippen LogP contribution in [0.2, 0.25) is 0 Å². The van der Waals surface area contributed by atoms with Crippen LogP contribution in [0.5, 0.6) is 0 Å². The predicted octanol–water partition coefficient (Wildman–Crippen LogP) is 1.46. The summed E-state index contributed by atoms with van der Waals surface area (Å²) in [5, 5.41) is 11.9. The van der Waals surface area contributed by atoms with E-state index in [2.05, 4.69) is 10.3 Å². The van der Waals surface area contributed by atoms with Crippen molar-refractivity contribution in [2.45, 2.75) is 26.8 Å². The van der Waals surface area contributed by atoms with Crippen molar-refractivity contribution in [2.24, 2.45) is 5.41 Å². The molecule has 1 aliphatic carbocycles. The second-order valence-corrected chi connectivity index (χ2v) is 5.15. The van der Waals surface area contributed by atoms with Gasteiger partial charge in [0.2, 0.25) is 0 Å². The third-order valence-electron chi connectivity index (χ3n) is 3.35. The molecule has 1 aromatic heterocycles. The predicted molar refractivity (Wildman–Crippen MR) is 70.2 cm³/mol. The monoisotopic (exact) mass is 260 g/mol. The Morgan fingerprint density at radius 2 is 2.16 bits per heavy atom. The topological polar surface area (TPSA) is 79.3 Å². The number of allylic oxidation sites excluding steroid dienone is 2. The number of pyridine rings is 1. The second kappa shape index (κ2) is 4.50. The van der Waals surface area contributed by atoms with Crippen molar-refractivity contribution < 1.29 is 14.7 Å². The van der Waals surface area contributed by atoms with Crippen LogP contribution in [0.3, 0.4) is 0 Å². The van der Waals surface area contributed by atoms with Gasteiger partial charge in [0, 0.05) is 29.2 Å². The number of carboxylic acids is 1. The third-order valence-corrected chi connectivity index (χ3v) is 3.35. The molecular formula is C14H16N2O3. The van der Waals surface area contributed by atoms with Crippen LogP contribution < -0.4 is 5.32 Å². The summed E-state index contributed by atoms with van der Waals surface area (Å²) >= 11 is 0. The lowest BCUT2D eigenvalue weighted by Crippen LogP contribution is -2.49. The van der Waals surface area contributed by atoms with Crippen molar-refractivity contribution in [2.75, 3.05) is 0 Å². The number of nitrogens with one attached hydrogen (secondary N) is 1. The van der Waals surface area contributed by atoms with E-state index in [1.807, 2.05) is 0 Å². The number of hydrogen-bond donors (Lipinski definition) is 2. The lowest BCUT2D eigenvalue weighted by Gasteiger charge is -2.40. The SMILES string of the molecule is CC(NC1=C(c2cccnc2)C(=O)C1(C)C)C(=O)O. The molecule has 2 N–H and O–H groups in total. The Hall–Kier alpha value is -2.17. The van der Waals surface area contributed by atoms with Crippen LogP contribution in [0, 0.1) is 5.41 Å². The first-order valence-electron chi connectivity index (χ1n) is 6.05. The summed E-state index contributed by atoms with van der Waals surface area (Å²) in [5.74, 6) is -0.950. The van der Waals surface area contributed by atoms with Crippen molar-refractivity contribution in [3.63, 3.8) is 0 Å². The summed E-state index contributed by atoms with van der Waals surface area (Å²) < 4.78 is 0. The fourth-order valence-corrected chi connectivity index (χ4v) is 2.11. The highest BCUT2D eigenvalue weighted by molar-refractivity contribution is 6.31. The number of carboxylic acid groups (broad SMARTS) is 1. The van der Waals surface area contributed by atoms with E-state index in [-0.39, 0.29) is 5.78 Å². The van der Waals surface area contributed by atoms with Crippen molar-refractivity contribution in [1.29, 1.82) is 0 Å². The first-order valence-corrected chi connectivity index (χ1v) is 6.05. The molecule has 0 fully saturated rings. The Bertz CT molecular complexity index is 561. The van der Waals surface area contributed by atoms with Gasteiger partial charge in [-0.2, -0.15) is 0 Å². The van der Waals surface area contributed by atoms with Gasteiger partial charge in [0.15, 0.2) is 5.78 Å². The van der Waals surface area contributed by atoms with E-state index < -0.39 is 17.4 Å². The van der Waals surface area contributed by atoms with Gasteiger partial charge >= 0.3 is 5.97 Å². The maximum absolute atomic E-state index is 12.2. The van der Waals surface area contributed by atoms with Gasteiger partial charge in [-0.05, 0) is 26.8 Å². The highest BCUT2D eigenvalue weighted by Crippen LogP contribution is 2.45. The van der Waals surface area contributed by atoms with Gasteiger partial charge in [0.1, 0.15) is 6.04 Å². The zero-order valence-corrected chi connectivity index (χ0v) is 11.1. The third kappa shape index (κ3) is 2.12. The van der Waals surface area contributed by atoms with Gasteiger partial charge in [-0.3, -0.25) is 14.6 Å². The number of ketones is 1. The molecule has 0 saturated heterocycles. The van der Waals surface area contributed by atoms with Crippen molar-refractivity contribution >= 4 is 17.3 Å². The van der Waals surface area contributed by atoms with E-state index in [9.17, 15) is 9.59 Å². The molecular weight excluding hydrogens is 244 g/mol. The number of carbonyl (C=O) groups excluding carboxylic acids is 1. The lowest BCUT2D eigenvalue weighted by molar-refractivity contribution is -0.139. The molecule has 1 atom stereocenters. The number of carbonyl (C=O) groups is 2. The van der Waals surface area contributed by atoms with Gasteiger partial charge < -0.3 is 10.4 Å². The van der Waals surface area contributed by atoms with E-state index in [0.717, 1.165) is 0 Å². The summed E-state index contributed by atoms with van der Waals surface area (Å²) in [4.78, 5) is 27.1. The quantitative estimate of drug-likeness (QED) is 0.857. The molecule has 1 unspecified atom stereocenters. The summed E-state index contributed by atoms with van der Waals surface area (Å²) in [6, 6.07) is 2.80. The smallest absolute Gasteiger partial charge is 0.325 e. The van der Waals surface area contributed by atoms with E-state index in [1.165, 1.54) is 0 Å². The van der Waals surface area contributed by atoms with Gasteiger partial charge in [-0.1, -0.05) is 6.07 Å². The molecule has 0 aliphatic heterocycles. The molecule has 5 nitrogen and oxygen atoms in total. The number of aromatic nitrogens is 1. The first kappa shape index (κ1) is 13.3. The van der Waals surface area contributed by atoms with Gasteiger partial charge in [-0.15, -0.1) is 0 Å². The molecule has 1 heterocycles. The lowest BCUT2D eigenvalue weighted by atomic mass is 9.67. The zero-order chi connectivity index (χ0) is 14.2. The molecule has 19 heavy (non-hydrogen) atoms. The van der Waals surface area contributed by atoms with Gasteiger partial charge in [0.25, 0.3) is 0 Å². The normalized spacial score (nSPS) is 18.8. The number of rotatable bonds is 4. The van der Waals surface area contributed by atoms with Crippen molar-refractivity contribution in [1.82, 2.24) is 10.3 Å². The summed E-state index contributed by atoms with van der Waals surface area (Å²) in [5.41, 5.74) is 1.24. The molecule has 1 aromatic rings. The number of hydrogen-bond acceptors (Lipinski definition) is 4. The van der Waals surface area contributed by atoms with Crippen LogP contribution in [0.25, 0.3) is 5.57 Å². The fourth-order valence-electron chi connectivity index (χ4n) is 2.11. The molecule has 0 spiro atoms. The molecule has 100 valence electrons. The van der Waals surface area contributed by atoms with Gasteiger partial charge in [0.05, 0.1) is 5.41 Å². The zero-order valence-electron chi connectivity index (χ0n) is 11.1. The molecule has 0 amide bonds. The second-order valence-electron chi connectivity index (χ2n) is 5.15.